The molecule has 3 atom stereocenters. The van der Waals surface area contributed by atoms with Crippen molar-refractivity contribution in [1.82, 2.24) is 5.32 Å². The topological polar surface area (TPSA) is 21.3 Å². The summed E-state index contributed by atoms with van der Waals surface area (Å²) < 4.78 is 5.82. The summed E-state index contributed by atoms with van der Waals surface area (Å²) >= 11 is 0. The lowest BCUT2D eigenvalue weighted by Crippen LogP contribution is -2.40. The van der Waals surface area contributed by atoms with Crippen LogP contribution in [-0.2, 0) is 4.74 Å². The summed E-state index contributed by atoms with van der Waals surface area (Å²) in [4.78, 5) is 0. The number of ether oxygens (including phenoxy) is 1. The molecule has 0 saturated carbocycles. The van der Waals surface area contributed by atoms with Crippen molar-refractivity contribution in [3.8, 4) is 0 Å². The molecule has 1 fully saturated rings. The van der Waals surface area contributed by atoms with Crippen LogP contribution in [0.4, 0.5) is 0 Å². The third kappa shape index (κ3) is 4.05. The van der Waals surface area contributed by atoms with Crippen molar-refractivity contribution >= 4 is 0 Å². The van der Waals surface area contributed by atoms with Gasteiger partial charge < -0.3 is 10.1 Å². The van der Waals surface area contributed by atoms with Crippen LogP contribution in [0.5, 0.6) is 0 Å². The minimum absolute atomic E-state index is 0.423. The second kappa shape index (κ2) is 7.06. The predicted octanol–water partition coefficient (Wildman–Crippen LogP) is 3.99. The van der Waals surface area contributed by atoms with Crippen molar-refractivity contribution in [2.75, 3.05) is 6.61 Å². The van der Waals surface area contributed by atoms with E-state index in [0.717, 1.165) is 19.4 Å². The summed E-state index contributed by atoms with van der Waals surface area (Å²) in [6.45, 7) is 7.60. The second-order valence-electron chi connectivity index (χ2n) is 5.75. The number of aryl methyl sites for hydroxylation is 1. The van der Waals surface area contributed by atoms with Gasteiger partial charge in [-0.25, -0.2) is 0 Å². The van der Waals surface area contributed by atoms with E-state index in [4.69, 9.17) is 4.74 Å². The van der Waals surface area contributed by atoms with Gasteiger partial charge in [0.25, 0.3) is 0 Å². The van der Waals surface area contributed by atoms with Crippen LogP contribution in [0.25, 0.3) is 0 Å². The summed E-state index contributed by atoms with van der Waals surface area (Å²) in [5.74, 6) is 0. The average Bonchev–Trinajstić information content (AvgIpc) is 2.40. The zero-order valence-corrected chi connectivity index (χ0v) is 12.5. The Morgan fingerprint density at radius 2 is 2.16 bits per heavy atom. The van der Waals surface area contributed by atoms with Gasteiger partial charge in [-0.3, -0.25) is 0 Å². The molecule has 2 rings (SSSR count). The quantitative estimate of drug-likeness (QED) is 0.865. The van der Waals surface area contributed by atoms with Crippen LogP contribution in [0.3, 0.4) is 0 Å². The summed E-state index contributed by atoms with van der Waals surface area (Å²) in [6, 6.07) is 9.68. The van der Waals surface area contributed by atoms with E-state index in [0.29, 0.717) is 18.2 Å². The number of benzene rings is 1. The van der Waals surface area contributed by atoms with Gasteiger partial charge in [-0.15, -0.1) is 0 Å². The fourth-order valence-electron chi connectivity index (χ4n) is 3.07. The molecule has 1 aromatic carbocycles. The van der Waals surface area contributed by atoms with Gasteiger partial charge >= 0.3 is 0 Å². The minimum Gasteiger partial charge on any atom is -0.378 e. The van der Waals surface area contributed by atoms with Crippen LogP contribution in [0.2, 0.25) is 0 Å². The maximum absolute atomic E-state index is 5.82. The summed E-state index contributed by atoms with van der Waals surface area (Å²) in [5, 5.41) is 3.78. The first-order valence-electron chi connectivity index (χ1n) is 7.64. The van der Waals surface area contributed by atoms with Crippen LogP contribution in [0.1, 0.15) is 56.7 Å². The van der Waals surface area contributed by atoms with Gasteiger partial charge in [0, 0.05) is 18.7 Å². The molecule has 106 valence electrons. The van der Waals surface area contributed by atoms with Gasteiger partial charge in [-0.2, -0.15) is 0 Å². The van der Waals surface area contributed by atoms with E-state index in [1.54, 1.807) is 0 Å². The molecule has 0 spiro atoms. The molecule has 1 saturated heterocycles. The lowest BCUT2D eigenvalue weighted by Gasteiger charge is -2.32. The van der Waals surface area contributed by atoms with Crippen LogP contribution in [0.15, 0.2) is 24.3 Å². The molecule has 0 aliphatic carbocycles. The standard InChI is InChI=1S/C17H27NO/c1-4-7-16-12-15(10-11-19-16)18-14(3)17-9-6-5-8-13(17)2/h5-6,8-9,14-16,18H,4,7,10-12H2,1-3H3/t14-,15?,16?/m1/s1. The maximum atomic E-state index is 5.82. The van der Waals surface area contributed by atoms with E-state index in [9.17, 15) is 0 Å². The first-order chi connectivity index (χ1) is 9.20. The Morgan fingerprint density at radius 3 is 2.89 bits per heavy atom. The molecule has 19 heavy (non-hydrogen) atoms. The van der Waals surface area contributed by atoms with Crippen molar-refractivity contribution in [1.29, 1.82) is 0 Å². The Labute approximate surface area is 117 Å². The number of hydrogen-bond donors (Lipinski definition) is 1. The monoisotopic (exact) mass is 261 g/mol. The maximum Gasteiger partial charge on any atom is 0.0589 e. The first kappa shape index (κ1) is 14.5. The lowest BCUT2D eigenvalue weighted by molar-refractivity contribution is -0.00473. The number of hydrogen-bond acceptors (Lipinski definition) is 2. The molecular weight excluding hydrogens is 234 g/mol. The number of rotatable bonds is 5. The van der Waals surface area contributed by atoms with Crippen molar-refractivity contribution in [3.63, 3.8) is 0 Å². The van der Waals surface area contributed by atoms with Crippen molar-refractivity contribution in [2.45, 2.75) is 64.6 Å². The molecule has 0 amide bonds. The van der Waals surface area contributed by atoms with E-state index in [2.05, 4.69) is 50.4 Å². The van der Waals surface area contributed by atoms with Crippen molar-refractivity contribution in [2.24, 2.45) is 0 Å². The van der Waals surface area contributed by atoms with Gasteiger partial charge in [0.1, 0.15) is 0 Å². The van der Waals surface area contributed by atoms with Gasteiger partial charge in [-0.1, -0.05) is 37.6 Å². The molecule has 1 aromatic rings. The van der Waals surface area contributed by atoms with E-state index in [1.807, 2.05) is 0 Å². The Hall–Kier alpha value is -0.860. The third-order valence-corrected chi connectivity index (χ3v) is 4.12. The van der Waals surface area contributed by atoms with Gasteiger partial charge in [0.15, 0.2) is 0 Å². The smallest absolute Gasteiger partial charge is 0.0589 e. The highest BCUT2D eigenvalue weighted by molar-refractivity contribution is 5.28. The Morgan fingerprint density at radius 1 is 1.37 bits per heavy atom. The summed E-state index contributed by atoms with van der Waals surface area (Å²) in [6.07, 6.45) is 5.16. The largest absolute Gasteiger partial charge is 0.378 e. The van der Waals surface area contributed by atoms with E-state index in [1.165, 1.54) is 24.0 Å². The zero-order chi connectivity index (χ0) is 13.7. The fraction of sp³-hybridized carbons (Fsp3) is 0.647. The zero-order valence-electron chi connectivity index (χ0n) is 12.5. The molecule has 0 bridgehead atoms. The van der Waals surface area contributed by atoms with Crippen LogP contribution in [0, 0.1) is 6.92 Å². The molecule has 2 unspecified atom stereocenters. The van der Waals surface area contributed by atoms with Crippen molar-refractivity contribution < 1.29 is 4.74 Å². The van der Waals surface area contributed by atoms with Crippen LogP contribution >= 0.6 is 0 Å². The van der Waals surface area contributed by atoms with E-state index in [-0.39, 0.29) is 0 Å². The number of nitrogens with one attached hydrogen (secondary N) is 1. The molecule has 0 aromatic heterocycles. The Balaban J connectivity index is 1.91. The van der Waals surface area contributed by atoms with Crippen LogP contribution in [-0.4, -0.2) is 18.8 Å². The molecule has 2 heteroatoms. The first-order valence-corrected chi connectivity index (χ1v) is 7.64. The Kier molecular flexibility index (Phi) is 5.41. The molecule has 1 heterocycles. The van der Waals surface area contributed by atoms with Crippen molar-refractivity contribution in [3.05, 3.63) is 35.4 Å². The van der Waals surface area contributed by atoms with E-state index >= 15 is 0 Å². The minimum atomic E-state index is 0.423. The fourth-order valence-corrected chi connectivity index (χ4v) is 3.07. The highest BCUT2D eigenvalue weighted by atomic mass is 16.5. The molecule has 1 aliphatic rings. The van der Waals surface area contributed by atoms with Gasteiger partial charge in [0.2, 0.25) is 0 Å². The van der Waals surface area contributed by atoms with Gasteiger partial charge in [-0.05, 0) is 44.2 Å². The summed E-state index contributed by atoms with van der Waals surface area (Å²) in [7, 11) is 0. The Bertz CT molecular complexity index is 389. The lowest BCUT2D eigenvalue weighted by atomic mass is 9.97. The highest BCUT2D eigenvalue weighted by Gasteiger charge is 2.23. The molecule has 1 aliphatic heterocycles. The molecular formula is C17H27NO. The van der Waals surface area contributed by atoms with Gasteiger partial charge in [0.05, 0.1) is 6.10 Å². The van der Waals surface area contributed by atoms with Crippen LogP contribution < -0.4 is 5.32 Å². The molecule has 0 radical (unpaired) electrons. The molecule has 2 nitrogen and oxygen atoms in total. The molecule has 1 N–H and O–H groups in total. The summed E-state index contributed by atoms with van der Waals surface area (Å²) in [5.41, 5.74) is 2.79. The third-order valence-electron chi connectivity index (χ3n) is 4.12. The second-order valence-corrected chi connectivity index (χ2v) is 5.75. The highest BCUT2D eigenvalue weighted by Crippen LogP contribution is 2.22. The van der Waals surface area contributed by atoms with E-state index < -0.39 is 0 Å². The normalized spacial score (nSPS) is 25.2. The SMILES string of the molecule is CCCC1CC(N[C@H](C)c2ccccc2C)CCO1. The average molecular weight is 261 g/mol. The predicted molar refractivity (Wildman–Crippen MR) is 80.4 cm³/mol.